The fourth-order valence-corrected chi connectivity index (χ4v) is 3.62. The van der Waals surface area contributed by atoms with Crippen LogP contribution in [-0.2, 0) is 14.0 Å². The van der Waals surface area contributed by atoms with Gasteiger partial charge < -0.3 is 29.5 Å². The van der Waals surface area contributed by atoms with Gasteiger partial charge in [-0.3, -0.25) is 9.13 Å². The monoisotopic (exact) mass is 440 g/mol. The Morgan fingerprint density at radius 1 is 1.17 bits per heavy atom. The Hall–Kier alpha value is -2.31. The molecule has 160 valence electrons. The average molecular weight is 440 g/mol. The molecular formula is C17H18FN4O7P. The fourth-order valence-electron chi connectivity index (χ4n) is 3.27. The zero-order valence-electron chi connectivity index (χ0n) is 15.3. The van der Waals surface area contributed by atoms with Gasteiger partial charge in [-0.15, -0.1) is 0 Å². The minimum atomic E-state index is -4.38. The number of aromatic nitrogens is 4. The van der Waals surface area contributed by atoms with Gasteiger partial charge in [0.2, 0.25) is 0 Å². The van der Waals surface area contributed by atoms with Crippen molar-refractivity contribution in [2.45, 2.75) is 24.5 Å². The molecule has 1 aromatic carbocycles. The van der Waals surface area contributed by atoms with E-state index in [1.54, 1.807) is 18.2 Å². The lowest BCUT2D eigenvalue weighted by Crippen LogP contribution is -2.33. The molecule has 0 bridgehead atoms. The molecule has 1 aliphatic heterocycles. The molecule has 4 N–H and O–H groups in total. The lowest BCUT2D eigenvalue weighted by atomic mass is 10.1. The third-order valence-corrected chi connectivity index (χ3v) is 5.16. The Balaban J connectivity index is 1.62. The Kier molecular flexibility index (Phi) is 5.64. The first-order valence-corrected chi connectivity index (χ1v) is 10.6. The molecule has 3 heterocycles. The van der Waals surface area contributed by atoms with Crippen molar-refractivity contribution >= 4 is 18.8 Å². The summed E-state index contributed by atoms with van der Waals surface area (Å²) in [6.45, 7) is -0.345. The first-order valence-electron chi connectivity index (χ1n) is 8.82. The summed E-state index contributed by atoms with van der Waals surface area (Å²) in [5.41, 5.74) is 1.00. The van der Waals surface area contributed by atoms with E-state index >= 15 is 0 Å². The molecule has 1 fully saturated rings. The van der Waals surface area contributed by atoms with Gasteiger partial charge in [0, 0.05) is 5.56 Å². The van der Waals surface area contributed by atoms with Crippen LogP contribution in [0.4, 0.5) is 4.39 Å². The van der Waals surface area contributed by atoms with Gasteiger partial charge in [0.05, 0.1) is 12.9 Å². The molecule has 0 spiro atoms. The Bertz CT molecular complexity index is 1110. The van der Waals surface area contributed by atoms with Crippen LogP contribution in [0.2, 0.25) is 0 Å². The van der Waals surface area contributed by atoms with Gasteiger partial charge in [-0.2, -0.15) is 0 Å². The van der Waals surface area contributed by atoms with Crippen LogP contribution in [-0.4, -0.2) is 70.8 Å². The molecule has 11 nitrogen and oxygen atoms in total. The summed E-state index contributed by atoms with van der Waals surface area (Å²) < 4.78 is 37.0. The molecule has 0 unspecified atom stereocenters. The van der Waals surface area contributed by atoms with Crippen molar-refractivity contribution in [1.82, 2.24) is 19.5 Å². The topological polar surface area (TPSA) is 160 Å². The Morgan fingerprint density at radius 3 is 2.67 bits per heavy atom. The van der Waals surface area contributed by atoms with Crippen LogP contribution in [0.5, 0.6) is 0 Å². The predicted octanol–water partition coefficient (Wildman–Crippen LogP) is 0.403. The van der Waals surface area contributed by atoms with Crippen molar-refractivity contribution in [3.8, 4) is 11.3 Å². The third kappa shape index (κ3) is 3.98. The second-order valence-corrected chi connectivity index (χ2v) is 8.32. The molecule has 0 amide bonds. The quantitative estimate of drug-likeness (QED) is 0.395. The SMILES string of the molecule is O=P(O)(O)COC[C@H]1O[C@@H](n2cnc3c(-c4ccccc4F)ncnc32)[C@H](O)[C@@H]1O. The normalized spacial score (nSPS) is 24.6. The number of nitrogens with zero attached hydrogens (tertiary/aromatic N) is 4. The zero-order valence-corrected chi connectivity index (χ0v) is 16.2. The highest BCUT2D eigenvalue weighted by atomic mass is 31.2. The number of halogens is 1. The summed E-state index contributed by atoms with van der Waals surface area (Å²) in [7, 11) is -4.38. The molecule has 1 aliphatic rings. The predicted molar refractivity (Wildman–Crippen MR) is 99.5 cm³/mol. The number of aliphatic hydroxyl groups excluding tert-OH is 2. The van der Waals surface area contributed by atoms with Gasteiger partial charge >= 0.3 is 7.60 Å². The molecule has 4 rings (SSSR count). The second-order valence-electron chi connectivity index (χ2n) is 6.74. The molecule has 2 aromatic heterocycles. The first kappa shape index (κ1) is 20.9. The van der Waals surface area contributed by atoms with E-state index in [1.807, 2.05) is 0 Å². The van der Waals surface area contributed by atoms with Gasteiger partial charge in [0.15, 0.2) is 11.9 Å². The summed E-state index contributed by atoms with van der Waals surface area (Å²) in [6, 6.07) is 6.05. The van der Waals surface area contributed by atoms with Crippen LogP contribution in [0.25, 0.3) is 22.4 Å². The van der Waals surface area contributed by atoms with Gasteiger partial charge in [-0.1, -0.05) is 12.1 Å². The molecule has 1 saturated heterocycles. The van der Waals surface area contributed by atoms with E-state index in [9.17, 15) is 19.2 Å². The van der Waals surface area contributed by atoms with E-state index in [1.165, 1.54) is 23.3 Å². The maximum Gasteiger partial charge on any atom is 0.350 e. The fraction of sp³-hybridized carbons (Fsp3) is 0.353. The van der Waals surface area contributed by atoms with Gasteiger partial charge in [0.25, 0.3) is 0 Å². The highest BCUT2D eigenvalue weighted by Gasteiger charge is 2.44. The van der Waals surface area contributed by atoms with Crippen LogP contribution in [0, 0.1) is 5.82 Å². The summed E-state index contributed by atoms with van der Waals surface area (Å²) in [5, 5.41) is 20.6. The molecular weight excluding hydrogens is 422 g/mol. The van der Waals surface area contributed by atoms with Crippen molar-refractivity contribution in [3.05, 3.63) is 42.7 Å². The van der Waals surface area contributed by atoms with E-state index in [-0.39, 0.29) is 29.0 Å². The molecule has 3 aromatic rings. The first-order chi connectivity index (χ1) is 14.3. The van der Waals surface area contributed by atoms with Crippen LogP contribution >= 0.6 is 7.60 Å². The van der Waals surface area contributed by atoms with Crippen molar-refractivity contribution in [2.75, 3.05) is 13.0 Å². The van der Waals surface area contributed by atoms with E-state index in [4.69, 9.17) is 19.3 Å². The molecule has 0 radical (unpaired) electrons. The number of hydrogen-bond donors (Lipinski definition) is 4. The van der Waals surface area contributed by atoms with E-state index < -0.39 is 44.3 Å². The van der Waals surface area contributed by atoms with E-state index in [0.29, 0.717) is 0 Å². The Morgan fingerprint density at radius 2 is 1.93 bits per heavy atom. The number of benzene rings is 1. The zero-order chi connectivity index (χ0) is 21.5. The van der Waals surface area contributed by atoms with Crippen LogP contribution in [0.1, 0.15) is 6.23 Å². The standard InChI is InChI=1S/C17H18FN4O7P/c18-10-4-2-1-3-9(10)12-13-16(20-6-19-12)22(7-21-13)17-15(24)14(23)11(29-17)5-28-8-30(25,26)27/h1-4,6-7,11,14-15,17,23-24H,5,8H2,(H2,25,26,27)/t11-,14-,15-,17-/m1/s1. The van der Waals surface area contributed by atoms with Crippen LogP contribution < -0.4 is 0 Å². The summed E-state index contributed by atoms with van der Waals surface area (Å²) >= 11 is 0. The van der Waals surface area contributed by atoms with Crippen LogP contribution in [0.3, 0.4) is 0 Å². The smallest absolute Gasteiger partial charge is 0.350 e. The van der Waals surface area contributed by atoms with Crippen molar-refractivity contribution < 1.29 is 38.4 Å². The van der Waals surface area contributed by atoms with Crippen LogP contribution in [0.15, 0.2) is 36.9 Å². The summed E-state index contributed by atoms with van der Waals surface area (Å²) in [6.07, 6.45) is -3.20. The van der Waals surface area contributed by atoms with Gasteiger partial charge in [0.1, 0.15) is 48.0 Å². The number of ether oxygens (including phenoxy) is 2. The average Bonchev–Trinajstić information content (AvgIpc) is 3.24. The van der Waals surface area contributed by atoms with Gasteiger partial charge in [-0.05, 0) is 12.1 Å². The van der Waals surface area contributed by atoms with Crippen molar-refractivity contribution in [2.24, 2.45) is 0 Å². The lowest BCUT2D eigenvalue weighted by Gasteiger charge is -2.16. The van der Waals surface area contributed by atoms with Crippen molar-refractivity contribution in [3.63, 3.8) is 0 Å². The maximum atomic E-state index is 14.2. The molecule has 0 aliphatic carbocycles. The number of rotatable bonds is 6. The number of hydrogen-bond acceptors (Lipinski definition) is 8. The van der Waals surface area contributed by atoms with E-state index in [0.717, 1.165) is 0 Å². The van der Waals surface area contributed by atoms with Crippen molar-refractivity contribution in [1.29, 1.82) is 0 Å². The Labute approximate surface area is 168 Å². The molecule has 4 atom stereocenters. The second kappa shape index (κ2) is 8.08. The maximum absolute atomic E-state index is 14.2. The lowest BCUT2D eigenvalue weighted by molar-refractivity contribution is -0.0612. The number of fused-ring (bicyclic) bond motifs is 1. The molecule has 0 saturated carbocycles. The van der Waals surface area contributed by atoms with Gasteiger partial charge in [-0.25, -0.2) is 19.3 Å². The minimum Gasteiger partial charge on any atom is -0.387 e. The number of aliphatic hydroxyl groups is 2. The highest BCUT2D eigenvalue weighted by Crippen LogP contribution is 2.36. The third-order valence-electron chi connectivity index (χ3n) is 4.64. The highest BCUT2D eigenvalue weighted by molar-refractivity contribution is 7.51. The largest absolute Gasteiger partial charge is 0.387 e. The minimum absolute atomic E-state index is 0.229. The number of imidazole rings is 1. The molecule has 30 heavy (non-hydrogen) atoms. The van der Waals surface area contributed by atoms with E-state index in [2.05, 4.69) is 15.0 Å². The molecule has 13 heteroatoms. The summed E-state index contributed by atoms with van der Waals surface area (Å²) in [5.74, 6) is -0.484. The summed E-state index contributed by atoms with van der Waals surface area (Å²) in [4.78, 5) is 30.2.